The molecule has 88 valence electrons. The molecule has 6 nitrogen and oxygen atoms in total. The van der Waals surface area contributed by atoms with Gasteiger partial charge in [-0.05, 0) is 28.1 Å². The summed E-state index contributed by atoms with van der Waals surface area (Å²) in [5.74, 6) is -0.769. The molecule has 1 aromatic heterocycles. The van der Waals surface area contributed by atoms with Gasteiger partial charge < -0.3 is 0 Å². The molecule has 1 aromatic rings. The van der Waals surface area contributed by atoms with E-state index in [2.05, 4.69) is 20.9 Å². The van der Waals surface area contributed by atoms with Crippen LogP contribution in [0.25, 0.3) is 0 Å². The fourth-order valence-electron chi connectivity index (χ4n) is 0.795. The van der Waals surface area contributed by atoms with Gasteiger partial charge in [-0.3, -0.25) is 4.79 Å². The SMILES string of the molecule is CN(C)S(=O)(=O)NC(=O)c1cccc(Br)n1. The summed E-state index contributed by atoms with van der Waals surface area (Å²) in [6, 6.07) is 4.65. The van der Waals surface area contributed by atoms with Crippen molar-refractivity contribution in [2.45, 2.75) is 0 Å². The maximum Gasteiger partial charge on any atom is 0.303 e. The van der Waals surface area contributed by atoms with Gasteiger partial charge in [-0.2, -0.15) is 12.7 Å². The lowest BCUT2D eigenvalue weighted by Gasteiger charge is -2.11. The van der Waals surface area contributed by atoms with Crippen molar-refractivity contribution in [1.82, 2.24) is 14.0 Å². The molecule has 0 radical (unpaired) electrons. The predicted molar refractivity (Wildman–Crippen MR) is 62.0 cm³/mol. The van der Waals surface area contributed by atoms with Crippen molar-refractivity contribution in [3.05, 3.63) is 28.5 Å². The molecule has 0 aliphatic carbocycles. The van der Waals surface area contributed by atoms with E-state index in [9.17, 15) is 13.2 Å². The van der Waals surface area contributed by atoms with Crippen LogP contribution in [0, 0.1) is 0 Å². The molecule has 16 heavy (non-hydrogen) atoms. The Morgan fingerprint density at radius 2 is 2.06 bits per heavy atom. The molecule has 0 bridgehead atoms. The van der Waals surface area contributed by atoms with Gasteiger partial charge in [0.05, 0.1) is 0 Å². The maximum absolute atomic E-state index is 11.5. The topological polar surface area (TPSA) is 79.4 Å². The Labute approximate surface area is 102 Å². The van der Waals surface area contributed by atoms with Crippen LogP contribution in [-0.4, -0.2) is 37.7 Å². The summed E-state index contributed by atoms with van der Waals surface area (Å²) in [6.45, 7) is 0. The van der Waals surface area contributed by atoms with Crippen molar-refractivity contribution in [2.24, 2.45) is 0 Å². The molecule has 0 aliphatic heterocycles. The highest BCUT2D eigenvalue weighted by Gasteiger charge is 2.18. The number of carbonyl (C=O) groups excluding carboxylic acids is 1. The first-order chi connectivity index (χ1) is 7.33. The fourth-order valence-corrected chi connectivity index (χ4v) is 1.66. The van der Waals surface area contributed by atoms with Crippen molar-refractivity contribution >= 4 is 32.0 Å². The summed E-state index contributed by atoms with van der Waals surface area (Å²) in [4.78, 5) is 15.4. The molecule has 0 fully saturated rings. The highest BCUT2D eigenvalue weighted by molar-refractivity contribution is 9.10. The molecular formula is C8H10BrN3O3S. The highest BCUT2D eigenvalue weighted by Crippen LogP contribution is 2.06. The zero-order valence-corrected chi connectivity index (χ0v) is 11.0. The van der Waals surface area contributed by atoms with Crippen molar-refractivity contribution in [3.8, 4) is 0 Å². The van der Waals surface area contributed by atoms with E-state index in [1.54, 1.807) is 12.1 Å². The lowest BCUT2D eigenvalue weighted by molar-refractivity contribution is 0.0974. The lowest BCUT2D eigenvalue weighted by Crippen LogP contribution is -2.39. The maximum atomic E-state index is 11.5. The van der Waals surface area contributed by atoms with Crippen molar-refractivity contribution in [3.63, 3.8) is 0 Å². The van der Waals surface area contributed by atoms with E-state index in [-0.39, 0.29) is 5.69 Å². The molecule has 1 heterocycles. The van der Waals surface area contributed by atoms with Crippen molar-refractivity contribution in [1.29, 1.82) is 0 Å². The fraction of sp³-hybridized carbons (Fsp3) is 0.250. The smallest absolute Gasteiger partial charge is 0.266 e. The standard InChI is InChI=1S/C8H10BrN3O3S/c1-12(2)16(14,15)11-8(13)6-4-3-5-7(9)10-6/h3-5H,1-2H3,(H,11,13). The molecule has 0 spiro atoms. The van der Waals surface area contributed by atoms with Crippen LogP contribution < -0.4 is 4.72 Å². The zero-order valence-electron chi connectivity index (χ0n) is 8.64. The first-order valence-electron chi connectivity index (χ1n) is 4.20. The second-order valence-corrected chi connectivity index (χ2v) is 5.76. The molecule has 0 aromatic carbocycles. The number of rotatable bonds is 3. The van der Waals surface area contributed by atoms with Gasteiger partial charge in [-0.25, -0.2) is 9.71 Å². The zero-order chi connectivity index (χ0) is 12.3. The van der Waals surface area contributed by atoms with Gasteiger partial charge in [0.2, 0.25) is 0 Å². The van der Waals surface area contributed by atoms with Crippen LogP contribution in [0.2, 0.25) is 0 Å². The number of nitrogens with zero attached hydrogens (tertiary/aromatic N) is 2. The Balaban J connectivity index is 2.90. The summed E-state index contributed by atoms with van der Waals surface area (Å²) >= 11 is 3.09. The largest absolute Gasteiger partial charge is 0.303 e. The molecule has 0 saturated heterocycles. The molecule has 0 saturated carbocycles. The quantitative estimate of drug-likeness (QED) is 0.819. The molecule has 1 rings (SSSR count). The van der Waals surface area contributed by atoms with E-state index < -0.39 is 16.1 Å². The summed E-state index contributed by atoms with van der Waals surface area (Å²) in [7, 11) is -1.13. The van der Waals surface area contributed by atoms with Crippen molar-refractivity contribution in [2.75, 3.05) is 14.1 Å². The van der Waals surface area contributed by atoms with Gasteiger partial charge >= 0.3 is 10.2 Å². The summed E-state index contributed by atoms with van der Waals surface area (Å²) in [6.07, 6.45) is 0. The Hall–Kier alpha value is -0.990. The van der Waals surface area contributed by atoms with Gasteiger partial charge in [0.25, 0.3) is 5.91 Å². The first kappa shape index (κ1) is 13.1. The van der Waals surface area contributed by atoms with E-state index in [4.69, 9.17) is 0 Å². The number of amides is 1. The van der Waals surface area contributed by atoms with Gasteiger partial charge in [-0.15, -0.1) is 0 Å². The number of carbonyl (C=O) groups is 1. The Morgan fingerprint density at radius 1 is 1.44 bits per heavy atom. The van der Waals surface area contributed by atoms with E-state index in [1.165, 1.54) is 20.2 Å². The normalized spacial score (nSPS) is 11.5. The summed E-state index contributed by atoms with van der Waals surface area (Å²) in [5.41, 5.74) is 0.0276. The van der Waals surface area contributed by atoms with Crippen LogP contribution in [0.15, 0.2) is 22.8 Å². The average Bonchev–Trinajstić information content (AvgIpc) is 2.16. The number of nitrogens with one attached hydrogen (secondary N) is 1. The van der Waals surface area contributed by atoms with Crippen LogP contribution in [0.1, 0.15) is 10.5 Å². The number of pyridine rings is 1. The third-order valence-corrected chi connectivity index (χ3v) is 3.50. The Kier molecular flexibility index (Phi) is 4.00. The highest BCUT2D eigenvalue weighted by atomic mass is 79.9. The minimum absolute atomic E-state index is 0.0276. The average molecular weight is 308 g/mol. The van der Waals surface area contributed by atoms with E-state index >= 15 is 0 Å². The van der Waals surface area contributed by atoms with Gasteiger partial charge in [0, 0.05) is 14.1 Å². The van der Waals surface area contributed by atoms with Crippen LogP contribution >= 0.6 is 15.9 Å². The monoisotopic (exact) mass is 307 g/mol. The Morgan fingerprint density at radius 3 is 2.56 bits per heavy atom. The second-order valence-electron chi connectivity index (χ2n) is 3.06. The van der Waals surface area contributed by atoms with Crippen LogP contribution in [0.3, 0.4) is 0 Å². The molecular weight excluding hydrogens is 298 g/mol. The Bertz CT molecular complexity index is 501. The third-order valence-electron chi connectivity index (χ3n) is 1.65. The van der Waals surface area contributed by atoms with Gasteiger partial charge in [0.15, 0.2) is 0 Å². The number of hydrogen-bond donors (Lipinski definition) is 1. The van der Waals surface area contributed by atoms with Crippen LogP contribution in [0.5, 0.6) is 0 Å². The molecule has 0 atom stereocenters. The first-order valence-corrected chi connectivity index (χ1v) is 6.43. The summed E-state index contributed by atoms with van der Waals surface area (Å²) in [5, 5.41) is 0. The molecule has 1 amide bonds. The molecule has 8 heteroatoms. The van der Waals surface area contributed by atoms with Gasteiger partial charge in [0.1, 0.15) is 10.3 Å². The minimum Gasteiger partial charge on any atom is -0.266 e. The van der Waals surface area contributed by atoms with E-state index in [1.807, 2.05) is 4.72 Å². The molecule has 0 unspecified atom stereocenters. The third kappa shape index (κ3) is 3.26. The number of aromatic nitrogens is 1. The minimum atomic E-state index is -3.78. The van der Waals surface area contributed by atoms with E-state index in [0.717, 1.165) is 4.31 Å². The number of hydrogen-bond acceptors (Lipinski definition) is 4. The summed E-state index contributed by atoms with van der Waals surface area (Å²) < 4.78 is 25.9. The number of halogens is 1. The van der Waals surface area contributed by atoms with Crippen LogP contribution in [-0.2, 0) is 10.2 Å². The molecule has 1 N–H and O–H groups in total. The predicted octanol–water partition coefficient (Wildman–Crippen LogP) is 0.380. The van der Waals surface area contributed by atoms with E-state index in [0.29, 0.717) is 4.60 Å². The lowest BCUT2D eigenvalue weighted by atomic mass is 10.3. The van der Waals surface area contributed by atoms with Crippen LogP contribution in [0.4, 0.5) is 0 Å². The molecule has 0 aliphatic rings. The van der Waals surface area contributed by atoms with Gasteiger partial charge in [-0.1, -0.05) is 6.07 Å². The van der Waals surface area contributed by atoms with Crippen molar-refractivity contribution < 1.29 is 13.2 Å². The second kappa shape index (κ2) is 4.89.